The van der Waals surface area contributed by atoms with Crippen molar-refractivity contribution >= 4 is 21.7 Å². The Morgan fingerprint density at radius 1 is 1.57 bits per heavy atom. The van der Waals surface area contributed by atoms with Crippen molar-refractivity contribution in [3.8, 4) is 0 Å². The number of aromatic nitrogens is 1. The molecule has 3 N–H and O–H groups in total. The standard InChI is InChI=1S/C10H16BrN3/c1-7-4-8(11)5-13-9(7)14-6-10(2,3)12/h4-5H,6,12H2,1-3H3,(H,13,14). The van der Waals surface area contributed by atoms with Crippen molar-refractivity contribution in [2.45, 2.75) is 26.3 Å². The number of aryl methyl sites for hydroxylation is 1. The first-order chi connectivity index (χ1) is 6.38. The third-order valence-electron chi connectivity index (χ3n) is 1.76. The van der Waals surface area contributed by atoms with E-state index in [-0.39, 0.29) is 5.54 Å². The Balaban J connectivity index is 2.68. The second-order valence-corrected chi connectivity index (χ2v) is 5.08. The predicted octanol–water partition coefficient (Wildman–Crippen LogP) is 2.30. The number of halogens is 1. The van der Waals surface area contributed by atoms with Crippen LogP contribution in [0.3, 0.4) is 0 Å². The average Bonchev–Trinajstić information content (AvgIpc) is 2.00. The first kappa shape index (κ1) is 11.5. The SMILES string of the molecule is Cc1cc(Br)cnc1NCC(C)(C)N. The fourth-order valence-corrected chi connectivity index (χ4v) is 1.48. The third kappa shape index (κ3) is 3.64. The molecule has 0 aliphatic rings. The van der Waals surface area contributed by atoms with Crippen LogP contribution in [0.5, 0.6) is 0 Å². The molecular formula is C10H16BrN3. The molecule has 0 atom stereocenters. The maximum absolute atomic E-state index is 5.86. The Kier molecular flexibility index (Phi) is 3.50. The van der Waals surface area contributed by atoms with E-state index in [9.17, 15) is 0 Å². The van der Waals surface area contributed by atoms with Gasteiger partial charge in [0.15, 0.2) is 0 Å². The van der Waals surface area contributed by atoms with Crippen LogP contribution in [0.1, 0.15) is 19.4 Å². The van der Waals surface area contributed by atoms with Crippen LogP contribution in [-0.2, 0) is 0 Å². The molecule has 78 valence electrons. The van der Waals surface area contributed by atoms with Gasteiger partial charge in [-0.15, -0.1) is 0 Å². The molecule has 0 aliphatic carbocycles. The van der Waals surface area contributed by atoms with E-state index >= 15 is 0 Å². The van der Waals surface area contributed by atoms with E-state index < -0.39 is 0 Å². The molecule has 3 nitrogen and oxygen atoms in total. The Labute approximate surface area is 93.2 Å². The molecule has 0 saturated carbocycles. The lowest BCUT2D eigenvalue weighted by atomic mass is 10.1. The number of anilines is 1. The summed E-state index contributed by atoms with van der Waals surface area (Å²) >= 11 is 3.37. The van der Waals surface area contributed by atoms with Crippen LogP contribution < -0.4 is 11.1 Å². The molecule has 0 radical (unpaired) electrons. The number of nitrogens with one attached hydrogen (secondary N) is 1. The quantitative estimate of drug-likeness (QED) is 0.874. The van der Waals surface area contributed by atoms with Gasteiger partial charge in [0, 0.05) is 22.8 Å². The van der Waals surface area contributed by atoms with Crippen LogP contribution in [0, 0.1) is 6.92 Å². The molecule has 0 bridgehead atoms. The molecule has 1 aromatic rings. The van der Waals surface area contributed by atoms with Crippen molar-refractivity contribution in [3.05, 3.63) is 22.3 Å². The minimum atomic E-state index is -0.221. The normalized spacial score (nSPS) is 11.5. The smallest absolute Gasteiger partial charge is 0.128 e. The van der Waals surface area contributed by atoms with Gasteiger partial charge in [-0.3, -0.25) is 0 Å². The monoisotopic (exact) mass is 257 g/mol. The van der Waals surface area contributed by atoms with Crippen molar-refractivity contribution in [1.29, 1.82) is 0 Å². The fourth-order valence-electron chi connectivity index (χ4n) is 1.04. The fraction of sp³-hybridized carbons (Fsp3) is 0.500. The Hall–Kier alpha value is -0.610. The highest BCUT2D eigenvalue weighted by Gasteiger charge is 2.10. The summed E-state index contributed by atoms with van der Waals surface area (Å²) in [5.74, 6) is 0.895. The minimum absolute atomic E-state index is 0.221. The number of rotatable bonds is 3. The molecule has 1 rings (SSSR count). The highest BCUT2D eigenvalue weighted by Crippen LogP contribution is 2.16. The summed E-state index contributed by atoms with van der Waals surface area (Å²) in [5, 5.41) is 3.22. The van der Waals surface area contributed by atoms with Crippen LogP contribution in [0.4, 0.5) is 5.82 Å². The zero-order valence-corrected chi connectivity index (χ0v) is 10.4. The molecule has 0 unspecified atom stereocenters. The van der Waals surface area contributed by atoms with E-state index in [2.05, 4.69) is 26.2 Å². The number of nitrogens with zero attached hydrogens (tertiary/aromatic N) is 1. The van der Waals surface area contributed by atoms with Crippen LogP contribution in [0.25, 0.3) is 0 Å². The van der Waals surface area contributed by atoms with E-state index in [1.807, 2.05) is 26.8 Å². The number of hydrogen-bond acceptors (Lipinski definition) is 3. The molecule has 4 heteroatoms. The number of pyridine rings is 1. The van der Waals surface area contributed by atoms with Gasteiger partial charge in [0.2, 0.25) is 0 Å². The maximum atomic E-state index is 5.86. The molecule has 0 spiro atoms. The van der Waals surface area contributed by atoms with E-state index in [1.54, 1.807) is 6.20 Å². The lowest BCUT2D eigenvalue weighted by Crippen LogP contribution is -2.39. The lowest BCUT2D eigenvalue weighted by molar-refractivity contribution is 0.548. The number of hydrogen-bond donors (Lipinski definition) is 2. The summed E-state index contributed by atoms with van der Waals surface area (Å²) in [6.45, 7) is 6.69. The molecule has 0 amide bonds. The van der Waals surface area contributed by atoms with E-state index in [0.717, 1.165) is 15.9 Å². The summed E-state index contributed by atoms with van der Waals surface area (Å²) < 4.78 is 0.993. The van der Waals surface area contributed by atoms with Crippen molar-refractivity contribution in [1.82, 2.24) is 4.98 Å². The van der Waals surface area contributed by atoms with Crippen molar-refractivity contribution < 1.29 is 0 Å². The summed E-state index contributed by atoms with van der Waals surface area (Å²) in [5.41, 5.74) is 6.76. The zero-order chi connectivity index (χ0) is 10.8. The van der Waals surface area contributed by atoms with Gasteiger partial charge in [0.05, 0.1) is 0 Å². The van der Waals surface area contributed by atoms with Gasteiger partial charge in [-0.25, -0.2) is 4.98 Å². The highest BCUT2D eigenvalue weighted by molar-refractivity contribution is 9.10. The largest absolute Gasteiger partial charge is 0.368 e. The second-order valence-electron chi connectivity index (χ2n) is 4.16. The average molecular weight is 258 g/mol. The van der Waals surface area contributed by atoms with Gasteiger partial charge in [0.25, 0.3) is 0 Å². The summed E-state index contributed by atoms with van der Waals surface area (Å²) in [7, 11) is 0. The highest BCUT2D eigenvalue weighted by atomic mass is 79.9. The molecule has 0 aliphatic heterocycles. The van der Waals surface area contributed by atoms with Gasteiger partial charge < -0.3 is 11.1 Å². The van der Waals surface area contributed by atoms with E-state index in [4.69, 9.17) is 5.73 Å². The predicted molar refractivity (Wildman–Crippen MR) is 63.4 cm³/mol. The van der Waals surface area contributed by atoms with Gasteiger partial charge in [-0.1, -0.05) is 0 Å². The Bertz CT molecular complexity index is 318. The van der Waals surface area contributed by atoms with E-state index in [0.29, 0.717) is 6.54 Å². The lowest BCUT2D eigenvalue weighted by Gasteiger charge is -2.20. The molecule has 0 aromatic carbocycles. The molecule has 0 saturated heterocycles. The Morgan fingerprint density at radius 2 is 2.21 bits per heavy atom. The van der Waals surface area contributed by atoms with Gasteiger partial charge >= 0.3 is 0 Å². The number of nitrogens with two attached hydrogens (primary N) is 1. The van der Waals surface area contributed by atoms with Crippen molar-refractivity contribution in [2.75, 3.05) is 11.9 Å². The van der Waals surface area contributed by atoms with Crippen molar-refractivity contribution in [3.63, 3.8) is 0 Å². The topological polar surface area (TPSA) is 50.9 Å². The molecule has 1 heterocycles. The van der Waals surface area contributed by atoms with Gasteiger partial charge in [-0.2, -0.15) is 0 Å². The molecule has 1 aromatic heterocycles. The van der Waals surface area contributed by atoms with Gasteiger partial charge in [0.1, 0.15) is 5.82 Å². The minimum Gasteiger partial charge on any atom is -0.368 e. The maximum Gasteiger partial charge on any atom is 0.128 e. The summed E-state index contributed by atoms with van der Waals surface area (Å²) in [6, 6.07) is 2.03. The third-order valence-corrected chi connectivity index (χ3v) is 2.19. The summed E-state index contributed by atoms with van der Waals surface area (Å²) in [6.07, 6.45) is 1.78. The Morgan fingerprint density at radius 3 is 2.71 bits per heavy atom. The van der Waals surface area contributed by atoms with E-state index in [1.165, 1.54) is 0 Å². The molecule has 14 heavy (non-hydrogen) atoms. The first-order valence-electron chi connectivity index (χ1n) is 4.53. The van der Waals surface area contributed by atoms with Crippen LogP contribution in [0.2, 0.25) is 0 Å². The van der Waals surface area contributed by atoms with Crippen LogP contribution in [-0.4, -0.2) is 17.1 Å². The van der Waals surface area contributed by atoms with Crippen LogP contribution in [0.15, 0.2) is 16.7 Å². The molecular weight excluding hydrogens is 242 g/mol. The summed E-state index contributed by atoms with van der Waals surface area (Å²) in [4.78, 5) is 4.27. The van der Waals surface area contributed by atoms with Crippen LogP contribution >= 0.6 is 15.9 Å². The van der Waals surface area contributed by atoms with Crippen molar-refractivity contribution in [2.24, 2.45) is 5.73 Å². The van der Waals surface area contributed by atoms with Gasteiger partial charge in [-0.05, 0) is 48.3 Å². The molecule has 0 fully saturated rings. The zero-order valence-electron chi connectivity index (χ0n) is 8.76. The first-order valence-corrected chi connectivity index (χ1v) is 5.33. The second kappa shape index (κ2) is 4.28.